The molecule has 0 aliphatic carbocycles. The molecule has 2 aromatic heterocycles. The Hall–Kier alpha value is -4.22. The number of carbonyl (C=O) groups excluding carboxylic acids is 3. The third-order valence-corrected chi connectivity index (χ3v) is 8.54. The molecule has 0 saturated carbocycles. The van der Waals surface area contributed by atoms with E-state index in [1.165, 1.54) is 17.4 Å². The van der Waals surface area contributed by atoms with Crippen LogP contribution in [0.2, 0.25) is 5.02 Å². The number of aliphatic imine (C=N–C) groups is 1. The van der Waals surface area contributed by atoms with E-state index >= 15 is 0 Å². The predicted molar refractivity (Wildman–Crippen MR) is 183 cm³/mol. The van der Waals surface area contributed by atoms with Crippen LogP contribution in [0.25, 0.3) is 11.1 Å². The fourth-order valence-corrected chi connectivity index (χ4v) is 6.53. The van der Waals surface area contributed by atoms with Gasteiger partial charge in [0.05, 0.1) is 24.0 Å². The minimum absolute atomic E-state index is 0.172. The average Bonchev–Trinajstić information content (AvgIpc) is 3.71. The number of esters is 1. The van der Waals surface area contributed by atoms with E-state index in [4.69, 9.17) is 25.8 Å². The first-order chi connectivity index (χ1) is 22.0. The molecule has 0 radical (unpaired) electrons. The molecular weight excluding hydrogens is 642 g/mol. The minimum atomic E-state index is -0.919. The lowest BCUT2D eigenvalue weighted by Crippen LogP contribution is -2.44. The van der Waals surface area contributed by atoms with Crippen LogP contribution in [0.5, 0.6) is 0 Å². The van der Waals surface area contributed by atoms with Crippen molar-refractivity contribution in [2.24, 2.45) is 4.99 Å². The third-order valence-electron chi connectivity index (χ3n) is 7.39. The first-order valence-electron chi connectivity index (χ1n) is 15.4. The molecule has 0 fully saturated rings. The van der Waals surface area contributed by atoms with E-state index in [-0.39, 0.29) is 23.3 Å². The highest BCUT2D eigenvalue weighted by atomic mass is 35.5. The van der Waals surface area contributed by atoms with Gasteiger partial charge in [-0.05, 0) is 103 Å². The fraction of sp³-hybridized carbons (Fsp3) is 0.400. The Labute approximate surface area is 282 Å². The van der Waals surface area contributed by atoms with Crippen molar-refractivity contribution in [3.8, 4) is 11.1 Å². The number of imide groups is 1. The van der Waals surface area contributed by atoms with Gasteiger partial charge < -0.3 is 18.8 Å². The zero-order valence-corrected chi connectivity index (χ0v) is 29.1. The number of aryl methyl sites for hydroxylation is 1. The van der Waals surface area contributed by atoms with Gasteiger partial charge in [0.25, 0.3) is 5.56 Å². The number of carbonyl (C=O) groups is 3. The quantitative estimate of drug-likeness (QED) is 0.190. The molecule has 1 atom stereocenters. The van der Waals surface area contributed by atoms with Gasteiger partial charge in [0, 0.05) is 45.9 Å². The fourth-order valence-electron chi connectivity index (χ4n) is 5.55. The van der Waals surface area contributed by atoms with Crippen LogP contribution < -0.4 is 10.5 Å². The minimum Gasteiger partial charge on any atom is -0.462 e. The molecule has 47 heavy (non-hydrogen) atoms. The van der Waals surface area contributed by atoms with Crippen LogP contribution in [-0.2, 0) is 20.6 Å². The number of hydrogen-bond donors (Lipinski definition) is 0. The zero-order valence-electron chi connectivity index (χ0n) is 27.5. The second kappa shape index (κ2) is 13.1. The SMILES string of the molecule is CCOC(=O)c1cc(C2=NC=C(C3CCc4cc(-c5cc(Cl)ccc5N(C(=O)OC(C)(C)C)C(=O)OC(C)(C)C)cc(=O)n43)C2)cs1. The van der Waals surface area contributed by atoms with E-state index in [2.05, 4.69) is 4.99 Å². The smallest absolute Gasteiger partial charge is 0.424 e. The van der Waals surface area contributed by atoms with Crippen molar-refractivity contribution in [1.29, 1.82) is 0 Å². The third kappa shape index (κ3) is 7.68. The summed E-state index contributed by atoms with van der Waals surface area (Å²) in [6.07, 6.45) is 1.86. The number of pyridine rings is 1. The summed E-state index contributed by atoms with van der Waals surface area (Å²) < 4.78 is 18.1. The van der Waals surface area contributed by atoms with E-state index in [0.717, 1.165) is 27.4 Å². The van der Waals surface area contributed by atoms with Gasteiger partial charge in [0.2, 0.25) is 0 Å². The predicted octanol–water partition coefficient (Wildman–Crippen LogP) is 8.35. The number of aromatic nitrogens is 1. The molecule has 12 heteroatoms. The topological polar surface area (TPSA) is 117 Å². The Morgan fingerprint density at radius 2 is 1.68 bits per heavy atom. The van der Waals surface area contributed by atoms with Gasteiger partial charge in [0.1, 0.15) is 16.1 Å². The molecule has 2 aliphatic heterocycles. The Morgan fingerprint density at radius 1 is 1.00 bits per heavy atom. The van der Waals surface area contributed by atoms with Gasteiger partial charge in [-0.2, -0.15) is 4.90 Å². The number of halogens is 1. The molecule has 2 aliphatic rings. The number of ether oxygens (including phenoxy) is 3. The van der Waals surface area contributed by atoms with Crippen molar-refractivity contribution in [2.75, 3.05) is 11.5 Å². The number of amides is 2. The van der Waals surface area contributed by atoms with Gasteiger partial charge in [-0.15, -0.1) is 11.3 Å². The van der Waals surface area contributed by atoms with Crippen LogP contribution in [0, 0.1) is 0 Å². The molecule has 3 aromatic rings. The van der Waals surface area contributed by atoms with Gasteiger partial charge in [-0.3, -0.25) is 9.79 Å². The Balaban J connectivity index is 1.46. The number of hydrogen-bond acceptors (Lipinski definition) is 9. The van der Waals surface area contributed by atoms with E-state index in [9.17, 15) is 19.2 Å². The Kier molecular flexibility index (Phi) is 9.52. The summed E-state index contributed by atoms with van der Waals surface area (Å²) in [7, 11) is 0. The van der Waals surface area contributed by atoms with Gasteiger partial charge in [0.15, 0.2) is 0 Å². The van der Waals surface area contributed by atoms with E-state index in [1.54, 1.807) is 77.3 Å². The van der Waals surface area contributed by atoms with Crippen molar-refractivity contribution in [3.05, 3.63) is 85.1 Å². The van der Waals surface area contributed by atoms with Crippen LogP contribution in [0.15, 0.2) is 63.3 Å². The maximum absolute atomic E-state index is 13.8. The summed E-state index contributed by atoms with van der Waals surface area (Å²) in [4.78, 5) is 58.8. The van der Waals surface area contributed by atoms with Crippen molar-refractivity contribution in [2.45, 2.75) is 85.0 Å². The summed E-state index contributed by atoms with van der Waals surface area (Å²) >= 11 is 7.75. The maximum atomic E-state index is 13.8. The molecule has 2 amide bonds. The highest BCUT2D eigenvalue weighted by Gasteiger charge is 2.35. The lowest BCUT2D eigenvalue weighted by Gasteiger charge is -2.29. The van der Waals surface area contributed by atoms with E-state index in [0.29, 0.717) is 46.9 Å². The van der Waals surface area contributed by atoms with Crippen LogP contribution in [-0.4, -0.2) is 46.2 Å². The average molecular weight is 680 g/mol. The zero-order chi connectivity index (χ0) is 34.3. The lowest BCUT2D eigenvalue weighted by atomic mass is 9.99. The highest BCUT2D eigenvalue weighted by Crippen LogP contribution is 2.39. The van der Waals surface area contributed by atoms with Crippen LogP contribution >= 0.6 is 22.9 Å². The number of anilines is 1. The molecule has 4 heterocycles. The first-order valence-corrected chi connectivity index (χ1v) is 16.6. The number of nitrogens with zero attached hydrogens (tertiary/aromatic N) is 3. The summed E-state index contributed by atoms with van der Waals surface area (Å²) in [6.45, 7) is 12.3. The number of rotatable bonds is 6. The largest absolute Gasteiger partial charge is 0.462 e. The highest BCUT2D eigenvalue weighted by molar-refractivity contribution is 7.12. The Morgan fingerprint density at radius 3 is 2.32 bits per heavy atom. The van der Waals surface area contributed by atoms with Crippen molar-refractivity contribution >= 4 is 52.5 Å². The molecule has 0 N–H and O–H groups in total. The normalized spacial score (nSPS) is 15.9. The van der Waals surface area contributed by atoms with E-state index < -0.39 is 23.4 Å². The van der Waals surface area contributed by atoms with Crippen LogP contribution in [0.3, 0.4) is 0 Å². The van der Waals surface area contributed by atoms with Crippen molar-refractivity contribution < 1.29 is 28.6 Å². The summed E-state index contributed by atoms with van der Waals surface area (Å²) in [6, 6.07) is 9.70. The van der Waals surface area contributed by atoms with Gasteiger partial charge in [-0.1, -0.05) is 11.6 Å². The molecule has 5 rings (SSSR count). The lowest BCUT2D eigenvalue weighted by molar-refractivity contribution is 0.0429. The first kappa shape index (κ1) is 34.1. The molecule has 1 aromatic carbocycles. The van der Waals surface area contributed by atoms with Crippen LogP contribution in [0.4, 0.5) is 15.3 Å². The molecule has 0 bridgehead atoms. The van der Waals surface area contributed by atoms with Crippen LogP contribution in [0.1, 0.15) is 88.3 Å². The van der Waals surface area contributed by atoms with E-state index in [1.807, 2.05) is 17.6 Å². The molecule has 1 unspecified atom stereocenters. The summed E-state index contributed by atoms with van der Waals surface area (Å²) in [5, 5.41) is 2.25. The standard InChI is InChI=1S/C35H38ClN3O7S/c1-8-44-31(41)29-15-22(19-47-29)26-14-21(18-37-26)27-12-10-24-13-20(16-30(40)38(24)27)25-17-23(36)9-11-28(25)39(32(42)45-34(2,3)4)33(43)46-35(5,6)7/h9,11,13,15-19,27H,8,10,12,14H2,1-7H3. The van der Waals surface area contributed by atoms with Gasteiger partial charge >= 0.3 is 18.2 Å². The van der Waals surface area contributed by atoms with Crippen molar-refractivity contribution in [1.82, 2.24) is 4.57 Å². The maximum Gasteiger partial charge on any atom is 0.424 e. The number of fused-ring (bicyclic) bond motifs is 1. The Bertz CT molecular complexity index is 1830. The van der Waals surface area contributed by atoms with Gasteiger partial charge in [-0.25, -0.2) is 14.4 Å². The van der Waals surface area contributed by atoms with Crippen molar-refractivity contribution in [3.63, 3.8) is 0 Å². The number of allylic oxidation sites excluding steroid dienone is 1. The molecule has 0 spiro atoms. The molecule has 10 nitrogen and oxygen atoms in total. The second-order valence-electron chi connectivity index (χ2n) is 13.3. The molecular formula is C35H38ClN3O7S. The number of benzene rings is 1. The number of thiophene rings is 1. The second-order valence-corrected chi connectivity index (χ2v) is 14.7. The molecule has 248 valence electrons. The molecule has 0 saturated heterocycles. The summed E-state index contributed by atoms with van der Waals surface area (Å²) in [5.41, 5.74) is 2.55. The summed E-state index contributed by atoms with van der Waals surface area (Å²) in [5.74, 6) is -0.356. The monoisotopic (exact) mass is 679 g/mol.